The molecular weight excluding hydrogens is 437 g/mol. The maximum absolute atomic E-state index is 13.6. The summed E-state index contributed by atoms with van der Waals surface area (Å²) in [6.45, 7) is 0. The highest BCUT2D eigenvalue weighted by atomic mass is 32.1. The first-order valence-corrected chi connectivity index (χ1v) is 11.1. The first kappa shape index (κ1) is 19.6. The molecule has 9 heteroatoms. The van der Waals surface area contributed by atoms with E-state index in [4.69, 9.17) is 0 Å². The van der Waals surface area contributed by atoms with Crippen molar-refractivity contribution in [1.29, 1.82) is 0 Å². The van der Waals surface area contributed by atoms with Crippen LogP contribution in [-0.4, -0.2) is 44.2 Å². The van der Waals surface area contributed by atoms with Crippen LogP contribution >= 0.6 is 11.3 Å². The van der Waals surface area contributed by atoms with Crippen LogP contribution in [0.4, 0.5) is 10.1 Å². The lowest BCUT2D eigenvalue weighted by Gasteiger charge is -2.12. The molecule has 0 atom stereocenters. The molecule has 7 nitrogen and oxygen atoms in total. The Balaban J connectivity index is 1.48. The number of fused-ring (bicyclic) bond motifs is 2. The molecule has 6 aromatic heterocycles. The van der Waals surface area contributed by atoms with Gasteiger partial charge in [-0.05, 0) is 36.4 Å². The maximum atomic E-state index is 13.6. The van der Waals surface area contributed by atoms with Gasteiger partial charge in [0.2, 0.25) is 0 Å². The van der Waals surface area contributed by atoms with Crippen molar-refractivity contribution < 1.29 is 4.39 Å². The SMILES string of the molecule is CN(C)c1cncc(-c2cc3c(-c4cc5c(-c6ccc(F)s6)ccnc5[nH]4)n[nH]c3cn2)c1. The molecule has 0 aliphatic heterocycles. The molecule has 0 spiro atoms. The molecule has 0 unspecified atom stereocenters. The Morgan fingerprint density at radius 1 is 0.970 bits per heavy atom. The van der Waals surface area contributed by atoms with E-state index < -0.39 is 0 Å². The van der Waals surface area contributed by atoms with Gasteiger partial charge in [-0.15, -0.1) is 11.3 Å². The third kappa shape index (κ3) is 3.33. The van der Waals surface area contributed by atoms with Crippen molar-refractivity contribution in [3.05, 3.63) is 66.3 Å². The van der Waals surface area contributed by atoms with Crippen LogP contribution in [0.3, 0.4) is 0 Å². The second kappa shape index (κ2) is 7.49. The van der Waals surface area contributed by atoms with E-state index in [1.165, 1.54) is 6.07 Å². The van der Waals surface area contributed by atoms with Gasteiger partial charge in [-0.25, -0.2) is 4.98 Å². The van der Waals surface area contributed by atoms with Crippen LogP contribution in [0.2, 0.25) is 0 Å². The molecule has 162 valence electrons. The summed E-state index contributed by atoms with van der Waals surface area (Å²) in [4.78, 5) is 19.7. The van der Waals surface area contributed by atoms with E-state index in [1.54, 1.807) is 24.7 Å². The number of nitrogens with zero attached hydrogens (tertiary/aromatic N) is 5. The number of hydrogen-bond donors (Lipinski definition) is 2. The Morgan fingerprint density at radius 3 is 2.70 bits per heavy atom. The van der Waals surface area contributed by atoms with Crippen LogP contribution in [0, 0.1) is 5.13 Å². The maximum Gasteiger partial charge on any atom is 0.176 e. The van der Waals surface area contributed by atoms with E-state index in [1.807, 2.05) is 43.4 Å². The number of hydrogen-bond acceptors (Lipinski definition) is 6. The van der Waals surface area contributed by atoms with E-state index in [2.05, 4.69) is 36.2 Å². The number of nitrogens with one attached hydrogen (secondary N) is 2. The number of pyridine rings is 3. The second-order valence-corrected chi connectivity index (χ2v) is 8.96. The summed E-state index contributed by atoms with van der Waals surface area (Å²) >= 11 is 1.12. The molecule has 0 saturated heterocycles. The van der Waals surface area contributed by atoms with Crippen molar-refractivity contribution in [2.75, 3.05) is 19.0 Å². The van der Waals surface area contributed by atoms with Crippen LogP contribution in [-0.2, 0) is 0 Å². The van der Waals surface area contributed by atoms with Crippen LogP contribution in [0.1, 0.15) is 0 Å². The Morgan fingerprint density at radius 2 is 1.88 bits per heavy atom. The molecular formula is C24H18FN7S. The Bertz CT molecular complexity index is 1630. The van der Waals surface area contributed by atoms with Gasteiger partial charge in [0, 0.05) is 53.3 Å². The average molecular weight is 456 g/mol. The molecule has 0 fully saturated rings. The molecule has 33 heavy (non-hydrogen) atoms. The van der Waals surface area contributed by atoms with E-state index >= 15 is 0 Å². The van der Waals surface area contributed by atoms with Gasteiger partial charge < -0.3 is 9.88 Å². The topological polar surface area (TPSA) is 86.4 Å². The zero-order chi connectivity index (χ0) is 22.5. The van der Waals surface area contributed by atoms with E-state index in [-0.39, 0.29) is 5.13 Å². The third-order valence-corrected chi connectivity index (χ3v) is 6.52. The highest BCUT2D eigenvalue weighted by Gasteiger charge is 2.16. The van der Waals surface area contributed by atoms with Crippen molar-refractivity contribution >= 4 is 39.0 Å². The summed E-state index contributed by atoms with van der Waals surface area (Å²) in [5.41, 5.74) is 6.83. The molecule has 0 aliphatic carbocycles. The molecule has 0 radical (unpaired) electrons. The highest BCUT2D eigenvalue weighted by Crippen LogP contribution is 2.36. The average Bonchev–Trinajstić information content (AvgIpc) is 3.55. The fourth-order valence-electron chi connectivity index (χ4n) is 3.92. The summed E-state index contributed by atoms with van der Waals surface area (Å²) in [6.07, 6.45) is 7.13. The Labute approximate surface area is 192 Å². The standard InChI is InChI=1S/C24H18FN7S/c1-32(2)14-7-13(10-26-11-14)18-9-17-20(12-28-18)30-31-23(17)19-8-16-15(5-6-27-24(16)29-19)21-3-4-22(25)33-21/h3-12H,1-2H3,(H,27,29)(H,30,31). The van der Waals surface area contributed by atoms with Gasteiger partial charge in [0.15, 0.2) is 5.13 Å². The summed E-state index contributed by atoms with van der Waals surface area (Å²) in [6, 6.07) is 11.3. The molecule has 0 saturated carbocycles. The largest absolute Gasteiger partial charge is 0.376 e. The van der Waals surface area contributed by atoms with Gasteiger partial charge >= 0.3 is 0 Å². The lowest BCUT2D eigenvalue weighted by Crippen LogP contribution is -2.08. The van der Waals surface area contributed by atoms with E-state index in [0.29, 0.717) is 0 Å². The minimum absolute atomic E-state index is 0.211. The van der Waals surface area contributed by atoms with Crippen molar-refractivity contribution in [3.8, 4) is 33.1 Å². The Kier molecular flexibility index (Phi) is 4.44. The number of H-pyrrole nitrogens is 2. The summed E-state index contributed by atoms with van der Waals surface area (Å²) in [5, 5.41) is 9.25. The van der Waals surface area contributed by atoms with Crippen LogP contribution in [0.5, 0.6) is 0 Å². The zero-order valence-electron chi connectivity index (χ0n) is 17.8. The fourth-order valence-corrected chi connectivity index (χ4v) is 4.69. The monoisotopic (exact) mass is 455 g/mol. The number of thiophene rings is 1. The minimum Gasteiger partial charge on any atom is -0.376 e. The molecule has 2 N–H and O–H groups in total. The summed E-state index contributed by atoms with van der Waals surface area (Å²) < 4.78 is 13.6. The number of rotatable bonds is 4. The van der Waals surface area contributed by atoms with Crippen LogP contribution in [0.15, 0.2) is 61.2 Å². The van der Waals surface area contributed by atoms with E-state index in [9.17, 15) is 4.39 Å². The predicted molar refractivity (Wildman–Crippen MR) is 130 cm³/mol. The first-order chi connectivity index (χ1) is 16.1. The molecule has 6 heterocycles. The second-order valence-electron chi connectivity index (χ2n) is 7.92. The Hall–Kier alpha value is -4.11. The smallest absolute Gasteiger partial charge is 0.176 e. The number of aromatic amines is 2. The van der Waals surface area contributed by atoms with Gasteiger partial charge in [0.05, 0.1) is 35.0 Å². The molecule has 6 aromatic rings. The third-order valence-electron chi connectivity index (χ3n) is 5.61. The normalized spacial score (nSPS) is 11.5. The lowest BCUT2D eigenvalue weighted by molar-refractivity contribution is 0.657. The fraction of sp³-hybridized carbons (Fsp3) is 0.0833. The van der Waals surface area contributed by atoms with Gasteiger partial charge in [-0.1, -0.05) is 0 Å². The number of aromatic nitrogens is 6. The predicted octanol–water partition coefficient (Wildman–Crippen LogP) is 5.50. The summed E-state index contributed by atoms with van der Waals surface area (Å²) in [7, 11) is 3.96. The van der Waals surface area contributed by atoms with Gasteiger partial charge in [0.1, 0.15) is 11.3 Å². The molecule has 6 rings (SSSR count). The van der Waals surface area contributed by atoms with Crippen molar-refractivity contribution in [3.63, 3.8) is 0 Å². The molecule has 0 aromatic carbocycles. The first-order valence-electron chi connectivity index (χ1n) is 10.3. The van der Waals surface area contributed by atoms with Crippen molar-refractivity contribution in [2.24, 2.45) is 0 Å². The zero-order valence-corrected chi connectivity index (χ0v) is 18.6. The van der Waals surface area contributed by atoms with Crippen molar-refractivity contribution in [1.82, 2.24) is 30.1 Å². The van der Waals surface area contributed by atoms with E-state index in [0.717, 1.165) is 72.0 Å². The molecule has 0 aliphatic rings. The van der Waals surface area contributed by atoms with Gasteiger partial charge in [0.25, 0.3) is 0 Å². The minimum atomic E-state index is -0.211. The lowest BCUT2D eigenvalue weighted by atomic mass is 10.1. The molecule has 0 bridgehead atoms. The summed E-state index contributed by atoms with van der Waals surface area (Å²) in [5.74, 6) is 0. The number of anilines is 1. The molecule has 0 amide bonds. The quantitative estimate of drug-likeness (QED) is 0.367. The van der Waals surface area contributed by atoms with Gasteiger partial charge in [-0.2, -0.15) is 9.49 Å². The van der Waals surface area contributed by atoms with Crippen molar-refractivity contribution in [2.45, 2.75) is 0 Å². The van der Waals surface area contributed by atoms with Crippen LogP contribution < -0.4 is 4.90 Å². The number of halogens is 1. The highest BCUT2D eigenvalue weighted by molar-refractivity contribution is 7.14. The van der Waals surface area contributed by atoms with Gasteiger partial charge in [-0.3, -0.25) is 15.1 Å². The van der Waals surface area contributed by atoms with Crippen LogP contribution in [0.25, 0.3) is 55.0 Å².